The van der Waals surface area contributed by atoms with Crippen molar-refractivity contribution in [1.82, 2.24) is 14.5 Å². The van der Waals surface area contributed by atoms with Gasteiger partial charge in [0.05, 0.1) is 6.54 Å². The Kier molecular flexibility index (Phi) is 5.85. The van der Waals surface area contributed by atoms with Gasteiger partial charge in [0, 0.05) is 37.6 Å². The molecule has 0 unspecified atom stereocenters. The molecule has 0 aromatic rings. The lowest BCUT2D eigenvalue weighted by atomic mass is 9.84. The number of nitrogens with two attached hydrogens (primary N) is 1. The van der Waals surface area contributed by atoms with E-state index >= 15 is 0 Å². The second kappa shape index (κ2) is 7.79. The number of hydrogen-bond donors (Lipinski definition) is 3. The Labute approximate surface area is 154 Å². The molecule has 4 N–H and O–H groups in total. The van der Waals surface area contributed by atoms with Crippen LogP contribution in [0, 0.1) is 11.8 Å². The monoisotopic (exact) mass is 388 g/mol. The summed E-state index contributed by atoms with van der Waals surface area (Å²) >= 11 is 0. The summed E-state index contributed by atoms with van der Waals surface area (Å²) in [6, 6.07) is 0.306. The fourth-order valence-electron chi connectivity index (χ4n) is 3.84. The molecular formula is C16H28N4O5S. The highest BCUT2D eigenvalue weighted by Gasteiger charge is 2.39. The molecule has 9 nitrogen and oxygen atoms in total. The second-order valence-corrected chi connectivity index (χ2v) is 9.36. The lowest BCUT2D eigenvalue weighted by molar-refractivity contribution is -0.140. The van der Waals surface area contributed by atoms with Crippen molar-refractivity contribution in [3.63, 3.8) is 0 Å². The maximum absolute atomic E-state index is 12.4. The van der Waals surface area contributed by atoms with Crippen molar-refractivity contribution in [3.8, 4) is 0 Å². The first kappa shape index (κ1) is 19.5. The Morgan fingerprint density at radius 2 is 1.77 bits per heavy atom. The molecule has 10 heteroatoms. The highest BCUT2D eigenvalue weighted by atomic mass is 32.2. The van der Waals surface area contributed by atoms with Crippen LogP contribution in [0.4, 0.5) is 0 Å². The summed E-state index contributed by atoms with van der Waals surface area (Å²) in [5, 5.41) is 17.2. The van der Waals surface area contributed by atoms with E-state index in [2.05, 4.69) is 5.32 Å². The number of carbonyl (C=O) groups is 2. The summed E-state index contributed by atoms with van der Waals surface area (Å²) < 4.78 is 23.8. The Morgan fingerprint density at radius 1 is 1.15 bits per heavy atom. The minimum absolute atomic E-state index is 0.0329. The number of carboxylic acids is 1. The first-order valence-electron chi connectivity index (χ1n) is 9.26. The minimum atomic E-state index is -3.68. The van der Waals surface area contributed by atoms with E-state index in [-0.39, 0.29) is 43.5 Å². The number of nitrogens with one attached hydrogen (secondary N) is 1. The van der Waals surface area contributed by atoms with Crippen LogP contribution in [0.25, 0.3) is 0 Å². The lowest BCUT2D eigenvalue weighted by Gasteiger charge is -2.43. The summed E-state index contributed by atoms with van der Waals surface area (Å²) in [4.78, 5) is 25.5. The Bertz CT molecular complexity index is 637. The molecule has 148 valence electrons. The number of piperidine rings is 1. The molecule has 1 heterocycles. The molecule has 2 aliphatic carbocycles. The van der Waals surface area contributed by atoms with Crippen LogP contribution in [-0.2, 0) is 19.8 Å². The molecule has 1 aliphatic heterocycles. The van der Waals surface area contributed by atoms with Gasteiger partial charge in [-0.1, -0.05) is 0 Å². The predicted octanol–water partition coefficient (Wildman–Crippen LogP) is -0.654. The maximum Gasteiger partial charge on any atom is 0.317 e. The number of aliphatic carboxylic acids is 1. The Morgan fingerprint density at radius 3 is 2.27 bits per heavy atom. The van der Waals surface area contributed by atoms with Crippen molar-refractivity contribution in [2.45, 2.75) is 50.6 Å². The van der Waals surface area contributed by atoms with Crippen molar-refractivity contribution >= 4 is 22.1 Å². The van der Waals surface area contributed by atoms with Gasteiger partial charge in [0.2, 0.25) is 5.91 Å². The molecule has 1 amide bonds. The van der Waals surface area contributed by atoms with Gasteiger partial charge in [0.25, 0.3) is 10.2 Å². The molecule has 0 spiro atoms. The summed E-state index contributed by atoms with van der Waals surface area (Å²) in [6.07, 6.45) is 4.88. The van der Waals surface area contributed by atoms with Gasteiger partial charge in [-0.25, -0.2) is 5.14 Å². The molecule has 3 fully saturated rings. The van der Waals surface area contributed by atoms with E-state index in [9.17, 15) is 18.0 Å². The number of carbonyl (C=O) groups excluding carboxylic acids is 1. The van der Waals surface area contributed by atoms with E-state index in [4.69, 9.17) is 10.2 Å². The molecule has 26 heavy (non-hydrogen) atoms. The number of nitrogens with zero attached hydrogens (tertiary/aromatic N) is 2. The molecule has 3 aliphatic rings. The third-order valence-corrected chi connectivity index (χ3v) is 6.77. The summed E-state index contributed by atoms with van der Waals surface area (Å²) in [5.41, 5.74) is 0. The van der Waals surface area contributed by atoms with Gasteiger partial charge in [0.15, 0.2) is 0 Å². The Hall–Kier alpha value is -1.23. The number of hydrogen-bond acceptors (Lipinski definition) is 5. The zero-order valence-corrected chi connectivity index (χ0v) is 15.7. The average Bonchev–Trinajstić information content (AvgIpc) is 3.32. The van der Waals surface area contributed by atoms with Crippen LogP contribution >= 0.6 is 0 Å². The quantitative estimate of drug-likeness (QED) is 0.506. The first-order valence-corrected chi connectivity index (χ1v) is 10.8. The summed E-state index contributed by atoms with van der Waals surface area (Å²) in [5.74, 6) is -0.394. The third kappa shape index (κ3) is 5.15. The van der Waals surface area contributed by atoms with Crippen LogP contribution in [0.5, 0.6) is 0 Å². The molecular weight excluding hydrogens is 360 g/mol. The van der Waals surface area contributed by atoms with Crippen LogP contribution < -0.4 is 10.5 Å². The van der Waals surface area contributed by atoms with Crippen LogP contribution in [0.1, 0.15) is 38.5 Å². The SMILES string of the molecule is NS(=O)(=O)N1CCC(C(=O)NC2CC(N(CC(=O)O)CC3CC3)C2)CC1. The lowest BCUT2D eigenvalue weighted by Crippen LogP contribution is -2.56. The smallest absolute Gasteiger partial charge is 0.317 e. The fraction of sp³-hybridized carbons (Fsp3) is 0.875. The average molecular weight is 388 g/mol. The van der Waals surface area contributed by atoms with Crippen molar-refractivity contribution in [3.05, 3.63) is 0 Å². The topological polar surface area (TPSA) is 133 Å². The van der Waals surface area contributed by atoms with Crippen molar-refractivity contribution in [2.24, 2.45) is 17.0 Å². The van der Waals surface area contributed by atoms with E-state index in [1.165, 1.54) is 17.1 Å². The number of carboxylic acid groups (broad SMARTS) is 1. The van der Waals surface area contributed by atoms with Crippen LogP contribution in [0.3, 0.4) is 0 Å². The van der Waals surface area contributed by atoms with Gasteiger partial charge in [-0.3, -0.25) is 14.5 Å². The molecule has 3 rings (SSSR count). The first-order chi connectivity index (χ1) is 12.2. The predicted molar refractivity (Wildman–Crippen MR) is 94.3 cm³/mol. The minimum Gasteiger partial charge on any atom is -0.480 e. The molecule has 1 saturated heterocycles. The molecule has 0 aromatic heterocycles. The van der Waals surface area contributed by atoms with Crippen molar-refractivity contribution < 1.29 is 23.1 Å². The van der Waals surface area contributed by atoms with Gasteiger partial charge in [-0.05, 0) is 44.4 Å². The zero-order valence-electron chi connectivity index (χ0n) is 14.8. The van der Waals surface area contributed by atoms with Crippen LogP contribution in [0.15, 0.2) is 0 Å². The third-order valence-electron chi connectivity index (χ3n) is 5.69. The van der Waals surface area contributed by atoms with Crippen LogP contribution in [-0.4, -0.2) is 72.9 Å². The van der Waals surface area contributed by atoms with Gasteiger partial charge in [0.1, 0.15) is 0 Å². The summed E-state index contributed by atoms with van der Waals surface area (Å²) in [6.45, 7) is 1.45. The standard InChI is InChI=1S/C16H28N4O5S/c17-26(24,25)20-5-3-12(4-6-20)16(23)18-13-7-14(8-13)19(10-15(21)22)9-11-1-2-11/h11-14H,1-10H2,(H,18,23)(H,21,22)(H2,17,24,25). The normalized spacial score (nSPS) is 27.9. The van der Waals surface area contributed by atoms with Crippen molar-refractivity contribution in [1.29, 1.82) is 0 Å². The number of amides is 1. The Balaban J connectivity index is 1.40. The highest BCUT2D eigenvalue weighted by Crippen LogP contribution is 2.34. The molecule has 0 atom stereocenters. The van der Waals surface area contributed by atoms with E-state index < -0.39 is 16.2 Å². The molecule has 0 radical (unpaired) electrons. The number of rotatable bonds is 8. The van der Waals surface area contributed by atoms with Gasteiger partial charge in [-0.15, -0.1) is 0 Å². The van der Waals surface area contributed by atoms with Gasteiger partial charge in [-0.2, -0.15) is 12.7 Å². The van der Waals surface area contributed by atoms with E-state index in [1.54, 1.807) is 0 Å². The van der Waals surface area contributed by atoms with E-state index in [0.717, 1.165) is 19.4 Å². The van der Waals surface area contributed by atoms with Gasteiger partial charge >= 0.3 is 5.97 Å². The van der Waals surface area contributed by atoms with Gasteiger partial charge < -0.3 is 10.4 Å². The highest BCUT2D eigenvalue weighted by molar-refractivity contribution is 7.86. The van der Waals surface area contributed by atoms with E-state index in [1.807, 2.05) is 4.90 Å². The largest absolute Gasteiger partial charge is 0.480 e. The second-order valence-electron chi connectivity index (χ2n) is 7.82. The molecule has 2 saturated carbocycles. The zero-order chi connectivity index (χ0) is 18.9. The summed E-state index contributed by atoms with van der Waals surface area (Å²) in [7, 11) is -3.68. The van der Waals surface area contributed by atoms with E-state index in [0.29, 0.717) is 18.8 Å². The maximum atomic E-state index is 12.4. The van der Waals surface area contributed by atoms with Crippen LogP contribution in [0.2, 0.25) is 0 Å². The fourth-order valence-corrected chi connectivity index (χ4v) is 4.56. The van der Waals surface area contributed by atoms with Crippen molar-refractivity contribution in [2.75, 3.05) is 26.2 Å². The molecule has 0 bridgehead atoms. The molecule has 0 aromatic carbocycles.